The Morgan fingerprint density at radius 1 is 1.50 bits per heavy atom. The number of aryl methyl sites for hydroxylation is 1. The molecule has 2 aromatic rings. The van der Waals surface area contributed by atoms with Gasteiger partial charge in [0.2, 0.25) is 0 Å². The molecule has 1 aromatic heterocycles. The van der Waals surface area contributed by atoms with E-state index in [0.717, 1.165) is 18.5 Å². The molecule has 4 nitrogen and oxygen atoms in total. The second-order valence-corrected chi connectivity index (χ2v) is 4.20. The van der Waals surface area contributed by atoms with Gasteiger partial charge >= 0.3 is 0 Å². The van der Waals surface area contributed by atoms with Crippen molar-refractivity contribution in [3.8, 4) is 5.75 Å². The number of imidazole rings is 1. The number of benzene rings is 1. The van der Waals surface area contributed by atoms with Gasteiger partial charge in [-0.05, 0) is 25.1 Å². The van der Waals surface area contributed by atoms with Gasteiger partial charge in [0, 0.05) is 11.6 Å². The lowest BCUT2D eigenvalue weighted by molar-refractivity contribution is 0.111. The predicted octanol–water partition coefficient (Wildman–Crippen LogP) is 2.95. The van der Waals surface area contributed by atoms with Crippen LogP contribution in [-0.2, 0) is 13.2 Å². The van der Waals surface area contributed by atoms with Crippen LogP contribution in [0.2, 0.25) is 5.02 Å². The molecule has 0 saturated heterocycles. The topological polar surface area (TPSA) is 44.1 Å². The van der Waals surface area contributed by atoms with E-state index < -0.39 is 0 Å². The fourth-order valence-electron chi connectivity index (χ4n) is 1.65. The van der Waals surface area contributed by atoms with Crippen LogP contribution < -0.4 is 4.74 Å². The molecular weight excluding hydrogens is 252 g/mol. The Labute approximate surface area is 110 Å². The number of hydrogen-bond donors (Lipinski definition) is 0. The normalized spacial score (nSPS) is 10.3. The van der Waals surface area contributed by atoms with Crippen molar-refractivity contribution in [1.29, 1.82) is 0 Å². The van der Waals surface area contributed by atoms with Gasteiger partial charge in [-0.15, -0.1) is 0 Å². The molecule has 0 radical (unpaired) electrons. The molecule has 0 atom stereocenters. The monoisotopic (exact) mass is 264 g/mol. The third-order valence-electron chi connectivity index (χ3n) is 2.61. The van der Waals surface area contributed by atoms with E-state index in [-0.39, 0.29) is 0 Å². The van der Waals surface area contributed by atoms with Crippen LogP contribution in [0, 0.1) is 0 Å². The maximum absolute atomic E-state index is 10.9. The zero-order valence-electron chi connectivity index (χ0n) is 9.97. The quantitative estimate of drug-likeness (QED) is 0.780. The second kappa shape index (κ2) is 5.69. The summed E-state index contributed by atoms with van der Waals surface area (Å²) in [6.45, 7) is 3.24. The van der Waals surface area contributed by atoms with E-state index in [9.17, 15) is 4.79 Å². The van der Waals surface area contributed by atoms with Crippen molar-refractivity contribution in [2.75, 3.05) is 0 Å². The molecule has 5 heteroatoms. The first kappa shape index (κ1) is 12.6. The number of carbonyl (C=O) groups is 1. The minimum absolute atomic E-state index is 0.371. The van der Waals surface area contributed by atoms with E-state index >= 15 is 0 Å². The largest absolute Gasteiger partial charge is 0.487 e. The molecule has 0 bridgehead atoms. The van der Waals surface area contributed by atoms with Crippen LogP contribution in [0.5, 0.6) is 5.75 Å². The van der Waals surface area contributed by atoms with Gasteiger partial charge in [-0.25, -0.2) is 4.98 Å². The minimum atomic E-state index is 0.371. The summed E-state index contributed by atoms with van der Waals surface area (Å²) >= 11 is 5.81. The van der Waals surface area contributed by atoms with Crippen LogP contribution in [0.3, 0.4) is 0 Å². The average molecular weight is 265 g/mol. The van der Waals surface area contributed by atoms with Crippen molar-refractivity contribution in [3.05, 3.63) is 47.0 Å². The molecule has 0 aliphatic heterocycles. The van der Waals surface area contributed by atoms with Gasteiger partial charge in [-0.2, -0.15) is 0 Å². The molecule has 0 N–H and O–H groups in total. The van der Waals surface area contributed by atoms with Crippen molar-refractivity contribution in [2.45, 2.75) is 20.1 Å². The number of carbonyl (C=O) groups excluding carboxylic acids is 1. The standard InChI is InChI=1S/C13H13ClN2O2/c1-2-16-9-15-6-12(16)8-18-13-4-3-11(14)5-10(13)7-17/h3-7,9H,2,8H2,1H3. The molecule has 0 aliphatic rings. The SMILES string of the molecule is CCn1cncc1COc1ccc(Cl)cc1C=O. The molecular formula is C13H13ClN2O2. The first-order valence-corrected chi connectivity index (χ1v) is 5.99. The van der Waals surface area contributed by atoms with Crippen LogP contribution in [0.1, 0.15) is 23.0 Å². The number of hydrogen-bond acceptors (Lipinski definition) is 3. The van der Waals surface area contributed by atoms with E-state index in [4.69, 9.17) is 16.3 Å². The summed E-state index contributed by atoms with van der Waals surface area (Å²) in [6.07, 6.45) is 4.24. The first-order valence-electron chi connectivity index (χ1n) is 5.61. The number of aromatic nitrogens is 2. The molecule has 0 fully saturated rings. The summed E-state index contributed by atoms with van der Waals surface area (Å²) < 4.78 is 7.60. The summed E-state index contributed by atoms with van der Waals surface area (Å²) in [5.74, 6) is 0.526. The highest BCUT2D eigenvalue weighted by Gasteiger charge is 2.06. The van der Waals surface area contributed by atoms with Crippen LogP contribution in [0.25, 0.3) is 0 Å². The van der Waals surface area contributed by atoms with Crippen molar-refractivity contribution in [1.82, 2.24) is 9.55 Å². The minimum Gasteiger partial charge on any atom is -0.487 e. The molecule has 18 heavy (non-hydrogen) atoms. The van der Waals surface area contributed by atoms with E-state index in [1.807, 2.05) is 11.5 Å². The van der Waals surface area contributed by atoms with Gasteiger partial charge < -0.3 is 9.30 Å². The van der Waals surface area contributed by atoms with E-state index in [2.05, 4.69) is 4.98 Å². The smallest absolute Gasteiger partial charge is 0.153 e. The van der Waals surface area contributed by atoms with E-state index in [1.54, 1.807) is 30.7 Å². The highest BCUT2D eigenvalue weighted by atomic mass is 35.5. The number of nitrogens with zero attached hydrogens (tertiary/aromatic N) is 2. The maximum atomic E-state index is 10.9. The lowest BCUT2D eigenvalue weighted by atomic mass is 10.2. The van der Waals surface area contributed by atoms with Gasteiger partial charge in [-0.1, -0.05) is 11.6 Å². The molecule has 2 rings (SSSR count). The molecule has 0 spiro atoms. The lowest BCUT2D eigenvalue weighted by Gasteiger charge is -2.09. The number of halogens is 1. The van der Waals surface area contributed by atoms with Crippen LogP contribution >= 0.6 is 11.6 Å². The molecule has 0 saturated carbocycles. The Hall–Kier alpha value is -1.81. The van der Waals surface area contributed by atoms with Crippen LogP contribution in [0.15, 0.2) is 30.7 Å². The molecule has 94 valence electrons. The van der Waals surface area contributed by atoms with Gasteiger partial charge in [0.15, 0.2) is 6.29 Å². The Morgan fingerprint density at radius 3 is 3.06 bits per heavy atom. The van der Waals surface area contributed by atoms with Gasteiger partial charge in [0.25, 0.3) is 0 Å². The average Bonchev–Trinajstić information content (AvgIpc) is 2.84. The summed E-state index contributed by atoms with van der Waals surface area (Å²) in [4.78, 5) is 15.0. The van der Waals surface area contributed by atoms with Crippen molar-refractivity contribution < 1.29 is 9.53 Å². The summed E-state index contributed by atoms with van der Waals surface area (Å²) in [5, 5.41) is 0.517. The van der Waals surface area contributed by atoms with Crippen molar-refractivity contribution >= 4 is 17.9 Å². The van der Waals surface area contributed by atoms with Crippen LogP contribution in [-0.4, -0.2) is 15.8 Å². The number of aldehydes is 1. The fraction of sp³-hybridized carbons (Fsp3) is 0.231. The summed E-state index contributed by atoms with van der Waals surface area (Å²) in [6, 6.07) is 4.97. The Kier molecular flexibility index (Phi) is 3.99. The van der Waals surface area contributed by atoms with Crippen molar-refractivity contribution in [2.24, 2.45) is 0 Å². The van der Waals surface area contributed by atoms with Gasteiger partial charge in [0.1, 0.15) is 12.4 Å². The fourth-order valence-corrected chi connectivity index (χ4v) is 1.83. The summed E-state index contributed by atoms with van der Waals surface area (Å²) in [7, 11) is 0. The predicted molar refractivity (Wildman–Crippen MR) is 69.1 cm³/mol. The molecule has 1 aromatic carbocycles. The Bertz CT molecular complexity index is 552. The third-order valence-corrected chi connectivity index (χ3v) is 2.85. The van der Waals surface area contributed by atoms with E-state index in [1.165, 1.54) is 0 Å². The molecule has 0 aliphatic carbocycles. The summed E-state index contributed by atoms with van der Waals surface area (Å²) in [5.41, 5.74) is 1.41. The highest BCUT2D eigenvalue weighted by Crippen LogP contribution is 2.22. The van der Waals surface area contributed by atoms with Crippen molar-refractivity contribution in [3.63, 3.8) is 0 Å². The second-order valence-electron chi connectivity index (χ2n) is 3.76. The Balaban J connectivity index is 2.13. The van der Waals surface area contributed by atoms with Gasteiger partial charge in [0.05, 0.1) is 23.8 Å². The molecule has 0 unspecified atom stereocenters. The zero-order valence-corrected chi connectivity index (χ0v) is 10.7. The molecule has 1 heterocycles. The zero-order chi connectivity index (χ0) is 13.0. The van der Waals surface area contributed by atoms with Crippen LogP contribution in [0.4, 0.5) is 0 Å². The first-order chi connectivity index (χ1) is 8.74. The molecule has 0 amide bonds. The van der Waals surface area contributed by atoms with Gasteiger partial charge in [-0.3, -0.25) is 4.79 Å². The Morgan fingerprint density at radius 2 is 2.33 bits per heavy atom. The number of ether oxygens (including phenoxy) is 1. The number of rotatable bonds is 5. The highest BCUT2D eigenvalue weighted by molar-refractivity contribution is 6.30. The maximum Gasteiger partial charge on any atom is 0.153 e. The van der Waals surface area contributed by atoms with E-state index in [0.29, 0.717) is 22.9 Å². The third kappa shape index (κ3) is 2.71. The lowest BCUT2D eigenvalue weighted by Crippen LogP contribution is -2.04.